The Labute approximate surface area is 165 Å². The van der Waals surface area contributed by atoms with E-state index in [-0.39, 0.29) is 0 Å². The highest BCUT2D eigenvalue weighted by atomic mass is 14.9. The highest BCUT2D eigenvalue weighted by Crippen LogP contribution is 2.56. The molecule has 1 heteroatoms. The Kier molecular flexibility index (Phi) is 3.20. The first-order chi connectivity index (χ1) is 13.7. The molecule has 1 heterocycles. The lowest BCUT2D eigenvalue weighted by molar-refractivity contribution is -0.660. The second kappa shape index (κ2) is 5.65. The molecule has 0 saturated carbocycles. The minimum absolute atomic E-state index is 0.334. The van der Waals surface area contributed by atoms with E-state index >= 15 is 0 Å². The van der Waals surface area contributed by atoms with Crippen LogP contribution in [-0.2, 0) is 7.05 Å². The zero-order valence-electron chi connectivity index (χ0n) is 16.2. The van der Waals surface area contributed by atoms with Crippen molar-refractivity contribution in [1.29, 1.82) is 0 Å². The van der Waals surface area contributed by atoms with Crippen LogP contribution in [0.5, 0.6) is 0 Å². The Morgan fingerprint density at radius 1 is 0.607 bits per heavy atom. The van der Waals surface area contributed by atoms with Gasteiger partial charge in [-0.1, -0.05) is 54.6 Å². The molecule has 0 radical (unpaired) electrons. The molecular formula is C27H22N+. The van der Waals surface area contributed by atoms with E-state index in [0.29, 0.717) is 11.8 Å². The second-order valence-corrected chi connectivity index (χ2v) is 8.12. The van der Waals surface area contributed by atoms with E-state index in [1.165, 1.54) is 50.2 Å². The molecule has 0 N–H and O–H groups in total. The lowest BCUT2D eigenvalue weighted by atomic mass is 9.60. The zero-order valence-corrected chi connectivity index (χ0v) is 16.2. The van der Waals surface area contributed by atoms with E-state index in [1.54, 1.807) is 0 Å². The summed E-state index contributed by atoms with van der Waals surface area (Å²) in [6.45, 7) is 2.25. The lowest BCUT2D eigenvalue weighted by Crippen LogP contribution is -2.31. The fraction of sp³-hybridized carbons (Fsp3) is 0.148. The van der Waals surface area contributed by atoms with Gasteiger partial charge in [0.05, 0.1) is 0 Å². The van der Waals surface area contributed by atoms with Crippen molar-refractivity contribution in [2.24, 2.45) is 7.05 Å². The van der Waals surface area contributed by atoms with E-state index in [9.17, 15) is 0 Å². The Morgan fingerprint density at radius 2 is 1.11 bits per heavy atom. The average Bonchev–Trinajstić information content (AvgIpc) is 2.73. The van der Waals surface area contributed by atoms with Crippen LogP contribution in [0, 0.1) is 6.92 Å². The van der Waals surface area contributed by atoms with E-state index in [1.807, 2.05) is 0 Å². The van der Waals surface area contributed by atoms with Crippen LogP contribution in [0.25, 0.3) is 11.3 Å². The van der Waals surface area contributed by atoms with E-state index in [0.717, 1.165) is 0 Å². The fourth-order valence-corrected chi connectivity index (χ4v) is 5.40. The molecule has 3 aromatic carbocycles. The molecule has 134 valence electrons. The molecule has 3 aliphatic rings. The minimum Gasteiger partial charge on any atom is -0.201 e. The molecule has 4 aromatic rings. The number of hydrogen-bond donors (Lipinski definition) is 0. The van der Waals surface area contributed by atoms with Gasteiger partial charge in [-0.25, -0.2) is 4.57 Å². The van der Waals surface area contributed by atoms with Gasteiger partial charge >= 0.3 is 0 Å². The molecule has 2 bridgehead atoms. The van der Waals surface area contributed by atoms with E-state index in [4.69, 9.17) is 0 Å². The standard InChI is InChI=1S/C27H22N/c1-17-15-23-24(16-22(17)25-13-7-8-14-28(25)2)27-20-11-5-3-9-18(20)26(23)19-10-4-6-12-21(19)27/h3-16,26-27H,1-2H3/q+1. The largest absolute Gasteiger partial charge is 0.212 e. The first-order valence-corrected chi connectivity index (χ1v) is 10.0. The van der Waals surface area contributed by atoms with Crippen molar-refractivity contribution in [1.82, 2.24) is 0 Å². The first kappa shape index (κ1) is 15.8. The van der Waals surface area contributed by atoms with Gasteiger partial charge in [-0.2, -0.15) is 0 Å². The lowest BCUT2D eigenvalue weighted by Gasteiger charge is -2.42. The number of rotatable bonds is 1. The summed E-state index contributed by atoms with van der Waals surface area (Å²) in [5.41, 5.74) is 12.8. The van der Waals surface area contributed by atoms with Crippen molar-refractivity contribution in [2.75, 3.05) is 0 Å². The van der Waals surface area contributed by atoms with Crippen LogP contribution in [0.2, 0.25) is 0 Å². The summed E-state index contributed by atoms with van der Waals surface area (Å²) in [6.07, 6.45) is 2.13. The number of nitrogens with zero attached hydrogens (tertiary/aromatic N) is 1. The summed E-state index contributed by atoms with van der Waals surface area (Å²) in [5.74, 6) is 0.686. The molecule has 1 aromatic heterocycles. The van der Waals surface area contributed by atoms with Gasteiger partial charge in [0.2, 0.25) is 5.69 Å². The van der Waals surface area contributed by atoms with Crippen LogP contribution in [0.1, 0.15) is 50.8 Å². The van der Waals surface area contributed by atoms with Gasteiger partial charge in [-0.3, -0.25) is 0 Å². The number of hydrogen-bond acceptors (Lipinski definition) is 0. The van der Waals surface area contributed by atoms with E-state index < -0.39 is 0 Å². The SMILES string of the molecule is Cc1cc2c(cc1-c1cccc[n+]1C)C1c3ccccc3C2c2ccccc21. The summed E-state index contributed by atoms with van der Waals surface area (Å²) < 4.78 is 2.22. The summed E-state index contributed by atoms with van der Waals surface area (Å²) >= 11 is 0. The summed E-state index contributed by atoms with van der Waals surface area (Å²) in [4.78, 5) is 0. The first-order valence-electron chi connectivity index (χ1n) is 10.0. The van der Waals surface area contributed by atoms with Crippen LogP contribution in [-0.4, -0.2) is 0 Å². The Morgan fingerprint density at radius 3 is 1.64 bits per heavy atom. The van der Waals surface area contributed by atoms with Gasteiger partial charge in [0.15, 0.2) is 6.20 Å². The van der Waals surface area contributed by atoms with Crippen molar-refractivity contribution in [3.8, 4) is 11.3 Å². The van der Waals surface area contributed by atoms with Crippen LogP contribution in [0.3, 0.4) is 0 Å². The normalized spacial score (nSPS) is 18.4. The molecule has 0 unspecified atom stereocenters. The van der Waals surface area contributed by atoms with Crippen LogP contribution in [0.4, 0.5) is 0 Å². The summed E-state index contributed by atoms with van der Waals surface area (Å²) in [6, 6.07) is 29.4. The molecule has 0 amide bonds. The summed E-state index contributed by atoms with van der Waals surface area (Å²) in [5, 5.41) is 0. The number of benzene rings is 3. The molecule has 1 nitrogen and oxygen atoms in total. The third kappa shape index (κ3) is 1.99. The predicted molar refractivity (Wildman–Crippen MR) is 113 cm³/mol. The van der Waals surface area contributed by atoms with Crippen molar-refractivity contribution < 1.29 is 4.57 Å². The molecular weight excluding hydrogens is 338 g/mol. The molecule has 7 rings (SSSR count). The highest BCUT2D eigenvalue weighted by Gasteiger charge is 2.41. The van der Waals surface area contributed by atoms with Gasteiger partial charge in [0, 0.05) is 29.5 Å². The predicted octanol–water partition coefficient (Wildman–Crippen LogP) is 5.47. The maximum atomic E-state index is 2.46. The minimum atomic E-state index is 0.334. The van der Waals surface area contributed by atoms with Gasteiger partial charge in [-0.05, 0) is 58.0 Å². The molecule has 28 heavy (non-hydrogen) atoms. The van der Waals surface area contributed by atoms with Crippen LogP contribution >= 0.6 is 0 Å². The molecule has 0 saturated heterocycles. The smallest absolute Gasteiger partial charge is 0.201 e. The molecule has 0 fully saturated rings. The fourth-order valence-electron chi connectivity index (χ4n) is 5.40. The van der Waals surface area contributed by atoms with Crippen LogP contribution in [0.15, 0.2) is 85.1 Å². The zero-order chi connectivity index (χ0) is 18.8. The highest BCUT2D eigenvalue weighted by molar-refractivity contribution is 5.73. The Balaban J connectivity index is 1.66. The van der Waals surface area contributed by atoms with Gasteiger partial charge in [0.25, 0.3) is 0 Å². The number of pyridine rings is 1. The molecule has 3 aliphatic carbocycles. The van der Waals surface area contributed by atoms with Gasteiger partial charge in [0.1, 0.15) is 7.05 Å². The maximum Gasteiger partial charge on any atom is 0.212 e. The average molecular weight is 360 g/mol. The quantitative estimate of drug-likeness (QED) is 0.342. The second-order valence-electron chi connectivity index (χ2n) is 8.12. The van der Waals surface area contributed by atoms with Crippen molar-refractivity contribution >= 4 is 0 Å². The Hall–Kier alpha value is -3.19. The maximum absolute atomic E-state index is 2.46. The van der Waals surface area contributed by atoms with Gasteiger partial charge < -0.3 is 0 Å². The Bertz CT molecular complexity index is 1200. The van der Waals surface area contributed by atoms with Crippen molar-refractivity contribution in [3.05, 3.63) is 124 Å². The van der Waals surface area contributed by atoms with Crippen molar-refractivity contribution in [3.63, 3.8) is 0 Å². The topological polar surface area (TPSA) is 3.88 Å². The monoisotopic (exact) mass is 360 g/mol. The van der Waals surface area contributed by atoms with Gasteiger partial charge in [-0.15, -0.1) is 0 Å². The van der Waals surface area contributed by atoms with Crippen LogP contribution < -0.4 is 4.57 Å². The molecule has 0 aliphatic heterocycles. The van der Waals surface area contributed by atoms with Crippen molar-refractivity contribution in [2.45, 2.75) is 18.8 Å². The molecule has 0 atom stereocenters. The third-order valence-electron chi connectivity index (χ3n) is 6.62. The summed E-state index contributed by atoms with van der Waals surface area (Å²) in [7, 11) is 2.13. The number of aromatic nitrogens is 1. The van der Waals surface area contributed by atoms with E-state index in [2.05, 4.69) is 104 Å². The third-order valence-corrected chi connectivity index (χ3v) is 6.62. The molecule has 0 spiro atoms. The number of aryl methyl sites for hydroxylation is 2.